The average Bonchev–Trinajstić information content (AvgIpc) is 2.47. The van der Waals surface area contributed by atoms with Crippen molar-refractivity contribution >= 4 is 51.7 Å². The van der Waals surface area contributed by atoms with Crippen molar-refractivity contribution in [2.45, 2.75) is 0 Å². The second-order valence-electron chi connectivity index (χ2n) is 4.65. The van der Waals surface area contributed by atoms with Crippen LogP contribution in [0.1, 0.15) is 10.5 Å². The van der Waals surface area contributed by atoms with Gasteiger partial charge in [-0.15, -0.1) is 0 Å². The molecule has 1 heterocycles. The number of carbonyl (C=O) groups is 1. The molecule has 0 amide bonds. The number of halogens is 3. The molecular formula is C16H8Cl3NO2. The van der Waals surface area contributed by atoms with Gasteiger partial charge >= 0.3 is 5.97 Å². The topological polar surface area (TPSA) is 50.2 Å². The Morgan fingerprint density at radius 3 is 2.27 bits per heavy atom. The molecular weight excluding hydrogens is 345 g/mol. The third-order valence-electron chi connectivity index (χ3n) is 3.21. The molecule has 110 valence electrons. The molecule has 0 aliphatic rings. The van der Waals surface area contributed by atoms with E-state index in [9.17, 15) is 9.90 Å². The summed E-state index contributed by atoms with van der Waals surface area (Å²) in [7, 11) is 0. The maximum absolute atomic E-state index is 11.3. The van der Waals surface area contributed by atoms with Gasteiger partial charge in [0, 0.05) is 15.4 Å². The van der Waals surface area contributed by atoms with Gasteiger partial charge in [0.05, 0.1) is 10.5 Å². The zero-order chi connectivity index (χ0) is 15.9. The molecule has 0 radical (unpaired) electrons. The smallest absolute Gasteiger partial charge is 0.354 e. The summed E-state index contributed by atoms with van der Waals surface area (Å²) in [6.45, 7) is 0. The predicted octanol–water partition coefficient (Wildman–Crippen LogP) is 5.56. The molecule has 22 heavy (non-hydrogen) atoms. The molecule has 6 heteroatoms. The lowest BCUT2D eigenvalue weighted by Gasteiger charge is -2.10. The molecule has 0 aliphatic carbocycles. The Balaban J connectivity index is 2.40. The summed E-state index contributed by atoms with van der Waals surface area (Å²) in [5.74, 6) is -1.12. The Labute approximate surface area is 141 Å². The quantitative estimate of drug-likeness (QED) is 0.657. The van der Waals surface area contributed by atoms with Gasteiger partial charge in [-0.3, -0.25) is 0 Å². The highest BCUT2D eigenvalue weighted by atomic mass is 35.5. The largest absolute Gasteiger partial charge is 0.477 e. The molecule has 0 saturated carbocycles. The first-order valence-corrected chi connectivity index (χ1v) is 7.38. The van der Waals surface area contributed by atoms with E-state index < -0.39 is 5.97 Å². The van der Waals surface area contributed by atoms with Crippen LogP contribution in [-0.4, -0.2) is 16.1 Å². The van der Waals surface area contributed by atoms with Crippen LogP contribution in [0.3, 0.4) is 0 Å². The van der Waals surface area contributed by atoms with Crippen LogP contribution >= 0.6 is 34.8 Å². The van der Waals surface area contributed by atoms with Crippen molar-refractivity contribution in [3.05, 3.63) is 63.2 Å². The van der Waals surface area contributed by atoms with Gasteiger partial charge in [0.2, 0.25) is 0 Å². The number of carboxylic acid groups (broad SMARTS) is 1. The first-order chi connectivity index (χ1) is 10.5. The first-order valence-electron chi connectivity index (χ1n) is 6.25. The molecule has 0 saturated heterocycles. The third kappa shape index (κ3) is 2.75. The fourth-order valence-electron chi connectivity index (χ4n) is 2.23. The molecule has 3 nitrogen and oxygen atoms in total. The lowest BCUT2D eigenvalue weighted by molar-refractivity contribution is 0.0691. The Morgan fingerprint density at radius 1 is 0.955 bits per heavy atom. The van der Waals surface area contributed by atoms with Crippen molar-refractivity contribution in [2.75, 3.05) is 0 Å². The predicted molar refractivity (Wildman–Crippen MR) is 89.2 cm³/mol. The Bertz CT molecular complexity index is 892. The number of fused-ring (bicyclic) bond motifs is 1. The molecule has 0 bridgehead atoms. The van der Waals surface area contributed by atoms with Crippen LogP contribution in [0.15, 0.2) is 42.5 Å². The minimum atomic E-state index is -1.12. The summed E-state index contributed by atoms with van der Waals surface area (Å²) < 4.78 is 0. The summed E-state index contributed by atoms with van der Waals surface area (Å²) in [5.41, 5.74) is 1.80. The number of hydrogen-bond donors (Lipinski definition) is 1. The van der Waals surface area contributed by atoms with Gasteiger partial charge in [-0.05, 0) is 41.5 Å². The summed E-state index contributed by atoms with van der Waals surface area (Å²) in [6.07, 6.45) is 0. The van der Waals surface area contributed by atoms with E-state index in [0.717, 1.165) is 5.56 Å². The normalized spacial score (nSPS) is 10.9. The van der Waals surface area contributed by atoms with Crippen LogP contribution in [0.4, 0.5) is 0 Å². The average molecular weight is 353 g/mol. The SMILES string of the molecule is O=C(O)c1cc(-c2ccc(Cl)cc2)c2cc(Cl)cc(Cl)c2n1. The van der Waals surface area contributed by atoms with E-state index in [4.69, 9.17) is 34.8 Å². The third-order valence-corrected chi connectivity index (χ3v) is 3.96. The van der Waals surface area contributed by atoms with E-state index in [1.165, 1.54) is 12.1 Å². The Morgan fingerprint density at radius 2 is 1.64 bits per heavy atom. The van der Waals surface area contributed by atoms with Crippen molar-refractivity contribution in [3.63, 3.8) is 0 Å². The van der Waals surface area contributed by atoms with Gasteiger partial charge in [-0.1, -0.05) is 46.9 Å². The van der Waals surface area contributed by atoms with Crippen LogP contribution < -0.4 is 0 Å². The second-order valence-corrected chi connectivity index (χ2v) is 5.93. The molecule has 0 aliphatic heterocycles. The summed E-state index contributed by atoms with van der Waals surface area (Å²) in [6, 6.07) is 11.8. The molecule has 2 aromatic carbocycles. The van der Waals surface area contributed by atoms with Crippen molar-refractivity contribution in [3.8, 4) is 11.1 Å². The molecule has 0 fully saturated rings. The number of aromatic nitrogens is 1. The van der Waals surface area contributed by atoms with Crippen LogP contribution in [0, 0.1) is 0 Å². The van der Waals surface area contributed by atoms with E-state index in [-0.39, 0.29) is 5.69 Å². The molecule has 1 N–H and O–H groups in total. The van der Waals surface area contributed by atoms with Gasteiger partial charge in [0.25, 0.3) is 0 Å². The molecule has 3 rings (SSSR count). The van der Waals surface area contributed by atoms with Gasteiger partial charge in [0.1, 0.15) is 5.69 Å². The van der Waals surface area contributed by atoms with Crippen molar-refractivity contribution in [1.82, 2.24) is 4.98 Å². The summed E-state index contributed by atoms with van der Waals surface area (Å²) in [4.78, 5) is 15.4. The maximum Gasteiger partial charge on any atom is 0.354 e. The molecule has 3 aromatic rings. The van der Waals surface area contributed by atoms with Crippen LogP contribution in [0.25, 0.3) is 22.0 Å². The van der Waals surface area contributed by atoms with E-state index >= 15 is 0 Å². The maximum atomic E-state index is 11.3. The summed E-state index contributed by atoms with van der Waals surface area (Å²) in [5, 5.41) is 11.3. The van der Waals surface area contributed by atoms with Crippen LogP contribution in [-0.2, 0) is 0 Å². The highest BCUT2D eigenvalue weighted by Gasteiger charge is 2.15. The zero-order valence-corrected chi connectivity index (χ0v) is 13.2. The van der Waals surface area contributed by atoms with Crippen molar-refractivity contribution < 1.29 is 9.90 Å². The minimum absolute atomic E-state index is 0.0818. The fraction of sp³-hybridized carbons (Fsp3) is 0. The van der Waals surface area contributed by atoms with Crippen LogP contribution in [0.5, 0.6) is 0 Å². The van der Waals surface area contributed by atoms with Gasteiger partial charge in [-0.25, -0.2) is 9.78 Å². The summed E-state index contributed by atoms with van der Waals surface area (Å²) >= 11 is 18.1. The van der Waals surface area contributed by atoms with E-state index in [0.29, 0.717) is 31.5 Å². The molecule has 0 spiro atoms. The standard InChI is InChI=1S/C16H8Cl3NO2/c17-9-3-1-8(2-4-9)11-7-14(16(21)22)20-15-12(11)5-10(18)6-13(15)19/h1-7H,(H,21,22). The lowest BCUT2D eigenvalue weighted by Crippen LogP contribution is -2.01. The Hall–Kier alpha value is -1.81. The number of nitrogens with zero attached hydrogens (tertiary/aromatic N) is 1. The number of pyridine rings is 1. The first kappa shape index (κ1) is 15.1. The highest BCUT2D eigenvalue weighted by Crippen LogP contribution is 2.35. The number of hydrogen-bond acceptors (Lipinski definition) is 2. The van der Waals surface area contributed by atoms with E-state index in [1.807, 2.05) is 0 Å². The molecule has 1 aromatic heterocycles. The number of rotatable bonds is 2. The number of aromatic carboxylic acids is 1. The van der Waals surface area contributed by atoms with Crippen molar-refractivity contribution in [2.24, 2.45) is 0 Å². The number of benzene rings is 2. The monoisotopic (exact) mass is 351 g/mol. The van der Waals surface area contributed by atoms with Gasteiger partial charge in [0.15, 0.2) is 0 Å². The fourth-order valence-corrected chi connectivity index (χ4v) is 2.89. The van der Waals surface area contributed by atoms with Crippen LogP contribution in [0.2, 0.25) is 15.1 Å². The lowest BCUT2D eigenvalue weighted by atomic mass is 10.00. The zero-order valence-electron chi connectivity index (χ0n) is 11.0. The van der Waals surface area contributed by atoms with Gasteiger partial charge < -0.3 is 5.11 Å². The molecule has 0 unspecified atom stereocenters. The number of carboxylic acids is 1. The highest BCUT2D eigenvalue weighted by molar-refractivity contribution is 6.38. The molecule has 0 atom stereocenters. The van der Waals surface area contributed by atoms with Gasteiger partial charge in [-0.2, -0.15) is 0 Å². The Kier molecular flexibility index (Phi) is 3.96. The van der Waals surface area contributed by atoms with E-state index in [1.54, 1.807) is 30.3 Å². The second kappa shape index (κ2) is 5.76. The van der Waals surface area contributed by atoms with Crippen molar-refractivity contribution in [1.29, 1.82) is 0 Å². The minimum Gasteiger partial charge on any atom is -0.477 e. The van der Waals surface area contributed by atoms with E-state index in [2.05, 4.69) is 4.98 Å².